The highest BCUT2D eigenvalue weighted by Crippen LogP contribution is 2.04. The number of nitrogens with one attached hydrogen (secondary N) is 1. The lowest BCUT2D eigenvalue weighted by atomic mass is 10.1. The molecule has 1 aliphatic rings. The quantitative estimate of drug-likeness (QED) is 0.761. The van der Waals surface area contributed by atoms with E-state index in [2.05, 4.69) is 29.4 Å². The van der Waals surface area contributed by atoms with Crippen molar-refractivity contribution < 1.29 is 0 Å². The van der Waals surface area contributed by atoms with Gasteiger partial charge < -0.3 is 0 Å². The number of hydrogen-bond acceptors (Lipinski definition) is 3. The molecular formula is C12H23N3. The van der Waals surface area contributed by atoms with Gasteiger partial charge in [-0.2, -0.15) is 5.10 Å². The third-order valence-corrected chi connectivity index (χ3v) is 2.64. The predicted octanol–water partition coefficient (Wildman–Crippen LogP) is 3.11. The Kier molecular flexibility index (Phi) is 6.05. The van der Waals surface area contributed by atoms with Gasteiger partial charge in [-0.05, 0) is 32.6 Å². The van der Waals surface area contributed by atoms with Crippen LogP contribution in [-0.2, 0) is 0 Å². The van der Waals surface area contributed by atoms with Crippen molar-refractivity contribution in [3.8, 4) is 0 Å². The number of hydrazone groups is 1. The molecule has 0 saturated carbocycles. The van der Waals surface area contributed by atoms with E-state index >= 15 is 0 Å². The van der Waals surface area contributed by atoms with Gasteiger partial charge in [-0.15, -0.1) is 0 Å². The molecule has 1 heterocycles. The first-order valence-electron chi connectivity index (χ1n) is 6.15. The molecule has 0 saturated heterocycles. The second-order valence-electron chi connectivity index (χ2n) is 4.20. The highest BCUT2D eigenvalue weighted by Gasteiger charge is 2.00. The molecule has 86 valence electrons. The highest BCUT2D eigenvalue weighted by atomic mass is 15.3. The summed E-state index contributed by atoms with van der Waals surface area (Å²) in [6.07, 6.45) is 8.30. The molecule has 0 amide bonds. The fourth-order valence-corrected chi connectivity index (χ4v) is 1.61. The number of amidine groups is 1. The molecule has 0 radical (unpaired) electrons. The molecule has 0 fully saturated rings. The third kappa shape index (κ3) is 5.55. The molecule has 0 aromatic heterocycles. The van der Waals surface area contributed by atoms with Crippen LogP contribution in [0, 0.1) is 0 Å². The van der Waals surface area contributed by atoms with E-state index in [1.807, 2.05) is 0 Å². The lowest BCUT2D eigenvalue weighted by molar-refractivity contribution is 0.691. The van der Waals surface area contributed by atoms with Crippen molar-refractivity contribution in [3.63, 3.8) is 0 Å². The summed E-state index contributed by atoms with van der Waals surface area (Å²) >= 11 is 0. The lowest BCUT2D eigenvalue weighted by Crippen LogP contribution is -2.20. The third-order valence-electron chi connectivity index (χ3n) is 2.64. The number of aliphatic imine (C=N–C) groups is 1. The first-order chi connectivity index (χ1) is 7.33. The van der Waals surface area contributed by atoms with Gasteiger partial charge in [0.25, 0.3) is 0 Å². The van der Waals surface area contributed by atoms with E-state index in [1.165, 1.54) is 37.8 Å². The minimum atomic E-state index is 0.959. The summed E-state index contributed by atoms with van der Waals surface area (Å²) in [4.78, 5) is 4.56. The second kappa shape index (κ2) is 7.43. The van der Waals surface area contributed by atoms with Crippen molar-refractivity contribution in [2.75, 3.05) is 6.54 Å². The van der Waals surface area contributed by atoms with Crippen molar-refractivity contribution in [2.45, 2.75) is 58.8 Å². The Morgan fingerprint density at radius 2 is 2.13 bits per heavy atom. The van der Waals surface area contributed by atoms with Crippen LogP contribution in [0.4, 0.5) is 0 Å². The first-order valence-corrected chi connectivity index (χ1v) is 6.15. The zero-order valence-electron chi connectivity index (χ0n) is 10.1. The number of nitrogens with zero attached hydrogens (tertiary/aromatic N) is 2. The summed E-state index contributed by atoms with van der Waals surface area (Å²) in [6.45, 7) is 5.25. The van der Waals surface area contributed by atoms with Crippen molar-refractivity contribution in [3.05, 3.63) is 0 Å². The average molecular weight is 209 g/mol. The van der Waals surface area contributed by atoms with Gasteiger partial charge in [0.1, 0.15) is 5.84 Å². The van der Waals surface area contributed by atoms with Crippen LogP contribution in [-0.4, -0.2) is 18.1 Å². The van der Waals surface area contributed by atoms with Crippen LogP contribution in [0.5, 0.6) is 0 Å². The van der Waals surface area contributed by atoms with Gasteiger partial charge in [-0.25, -0.2) is 0 Å². The van der Waals surface area contributed by atoms with Gasteiger partial charge in [-0.1, -0.05) is 19.8 Å². The molecule has 1 rings (SSSR count). The monoisotopic (exact) mass is 209 g/mol. The summed E-state index contributed by atoms with van der Waals surface area (Å²) in [5, 5.41) is 4.36. The fraction of sp³-hybridized carbons (Fsp3) is 0.833. The number of unbranched alkanes of at least 4 members (excludes halogenated alkanes) is 1. The molecule has 0 atom stereocenters. The zero-order valence-corrected chi connectivity index (χ0v) is 10.1. The van der Waals surface area contributed by atoms with Crippen LogP contribution in [0.25, 0.3) is 0 Å². The smallest absolute Gasteiger partial charge is 0.117 e. The Bertz CT molecular complexity index is 231. The van der Waals surface area contributed by atoms with Gasteiger partial charge in [0, 0.05) is 18.7 Å². The first kappa shape index (κ1) is 12.2. The summed E-state index contributed by atoms with van der Waals surface area (Å²) < 4.78 is 0. The Morgan fingerprint density at radius 3 is 2.93 bits per heavy atom. The zero-order chi connectivity index (χ0) is 10.9. The number of hydrogen-bond donors (Lipinski definition) is 1. The fourth-order valence-electron chi connectivity index (χ4n) is 1.61. The minimum Gasteiger partial charge on any atom is -0.271 e. The predicted molar refractivity (Wildman–Crippen MR) is 66.5 cm³/mol. The standard InChI is InChI=1S/C12H23N3/c1-3-4-9-12-13-10-7-5-6-8-11(2)14-15-12/h3-10H2,1-2H3,(H,13,15)/b14-11+. The van der Waals surface area contributed by atoms with Gasteiger partial charge in [0.2, 0.25) is 0 Å². The van der Waals surface area contributed by atoms with E-state index in [0.29, 0.717) is 0 Å². The summed E-state index contributed by atoms with van der Waals surface area (Å²) in [6, 6.07) is 0. The lowest BCUT2D eigenvalue weighted by Gasteiger charge is -2.09. The number of rotatable bonds is 3. The summed E-state index contributed by atoms with van der Waals surface area (Å²) in [5.41, 5.74) is 4.31. The molecule has 3 heteroatoms. The maximum atomic E-state index is 4.56. The SMILES string of the molecule is CCCCC1=NCCCCC/C(C)=N/N1. The molecule has 0 aromatic rings. The maximum absolute atomic E-state index is 4.56. The Hall–Kier alpha value is -0.860. The molecule has 0 spiro atoms. The van der Waals surface area contributed by atoms with E-state index in [-0.39, 0.29) is 0 Å². The molecule has 3 nitrogen and oxygen atoms in total. The van der Waals surface area contributed by atoms with Crippen molar-refractivity contribution >= 4 is 11.5 Å². The van der Waals surface area contributed by atoms with E-state index in [0.717, 1.165) is 25.2 Å². The molecular weight excluding hydrogens is 186 g/mol. The van der Waals surface area contributed by atoms with E-state index in [1.54, 1.807) is 0 Å². The van der Waals surface area contributed by atoms with E-state index < -0.39 is 0 Å². The molecule has 1 N–H and O–H groups in total. The Labute approximate surface area is 93.1 Å². The van der Waals surface area contributed by atoms with Crippen molar-refractivity contribution in [1.29, 1.82) is 0 Å². The van der Waals surface area contributed by atoms with E-state index in [4.69, 9.17) is 0 Å². The van der Waals surface area contributed by atoms with Crippen LogP contribution in [0.15, 0.2) is 10.1 Å². The molecule has 0 aliphatic carbocycles. The van der Waals surface area contributed by atoms with E-state index in [9.17, 15) is 0 Å². The molecule has 1 aliphatic heterocycles. The topological polar surface area (TPSA) is 36.8 Å². The van der Waals surface area contributed by atoms with Crippen molar-refractivity contribution in [1.82, 2.24) is 5.43 Å². The maximum Gasteiger partial charge on any atom is 0.117 e. The Balaban J connectivity index is 2.49. The summed E-state index contributed by atoms with van der Waals surface area (Å²) in [7, 11) is 0. The molecule has 0 bridgehead atoms. The molecule has 15 heavy (non-hydrogen) atoms. The highest BCUT2D eigenvalue weighted by molar-refractivity contribution is 5.86. The van der Waals surface area contributed by atoms with Crippen LogP contribution in [0.3, 0.4) is 0 Å². The average Bonchev–Trinajstić information content (AvgIpc) is 2.26. The van der Waals surface area contributed by atoms with Crippen LogP contribution >= 0.6 is 0 Å². The summed E-state index contributed by atoms with van der Waals surface area (Å²) in [5.74, 6) is 1.07. The van der Waals surface area contributed by atoms with Gasteiger partial charge >= 0.3 is 0 Å². The van der Waals surface area contributed by atoms with Crippen LogP contribution < -0.4 is 5.43 Å². The largest absolute Gasteiger partial charge is 0.271 e. The van der Waals surface area contributed by atoms with Gasteiger partial charge in [0.05, 0.1) is 0 Å². The molecule has 0 aromatic carbocycles. The normalized spacial score (nSPS) is 22.3. The van der Waals surface area contributed by atoms with Crippen molar-refractivity contribution in [2.24, 2.45) is 10.1 Å². The molecule has 0 unspecified atom stereocenters. The van der Waals surface area contributed by atoms with Crippen LogP contribution in [0.1, 0.15) is 58.8 Å². The Morgan fingerprint density at radius 1 is 1.27 bits per heavy atom. The van der Waals surface area contributed by atoms with Gasteiger partial charge in [-0.3, -0.25) is 10.4 Å². The van der Waals surface area contributed by atoms with Gasteiger partial charge in [0.15, 0.2) is 0 Å². The minimum absolute atomic E-state index is 0.959. The second-order valence-corrected chi connectivity index (χ2v) is 4.20. The van der Waals surface area contributed by atoms with Crippen LogP contribution in [0.2, 0.25) is 0 Å².